The van der Waals surface area contributed by atoms with Gasteiger partial charge < -0.3 is 20.1 Å². The zero-order valence-electron chi connectivity index (χ0n) is 17.3. The molecule has 1 amide bonds. The van der Waals surface area contributed by atoms with Crippen molar-refractivity contribution in [2.24, 2.45) is 0 Å². The smallest absolute Gasteiger partial charge is 0.263 e. The van der Waals surface area contributed by atoms with E-state index >= 15 is 0 Å². The highest BCUT2D eigenvalue weighted by Crippen LogP contribution is 2.26. The van der Waals surface area contributed by atoms with Crippen LogP contribution in [-0.2, 0) is 4.79 Å². The molecule has 0 bridgehead atoms. The van der Waals surface area contributed by atoms with Crippen LogP contribution in [0.5, 0.6) is 11.5 Å². The molecule has 0 saturated carbocycles. The van der Waals surface area contributed by atoms with Crippen molar-refractivity contribution in [1.29, 1.82) is 0 Å². The highest BCUT2D eigenvalue weighted by atomic mass is 19.3. The topological polar surface area (TPSA) is 61.8 Å². The largest absolute Gasteiger partial charge is 0.507 e. The minimum atomic E-state index is -2.66. The third-order valence-electron chi connectivity index (χ3n) is 4.62. The number of phenols is 1. The Labute approximate surface area is 176 Å². The van der Waals surface area contributed by atoms with Crippen LogP contribution in [0, 0.1) is 0 Å². The van der Waals surface area contributed by atoms with Crippen molar-refractivity contribution < 1.29 is 23.4 Å². The highest BCUT2D eigenvalue weighted by molar-refractivity contribution is 6.02. The maximum Gasteiger partial charge on any atom is 0.263 e. The third-order valence-corrected chi connectivity index (χ3v) is 4.62. The van der Waals surface area contributed by atoms with Crippen LogP contribution in [0.25, 0.3) is 6.08 Å². The molecule has 0 aliphatic heterocycles. The fraction of sp³-hybridized carbons (Fsp3) is 0.348. The number of alkyl halides is 2. The molecule has 0 fully saturated rings. The van der Waals surface area contributed by atoms with Gasteiger partial charge >= 0.3 is 0 Å². The highest BCUT2D eigenvalue weighted by Gasteiger charge is 2.09. The number of hydrogen-bond acceptors (Lipinski definition) is 4. The van der Waals surface area contributed by atoms with E-state index in [1.165, 1.54) is 24.3 Å². The summed E-state index contributed by atoms with van der Waals surface area (Å²) in [4.78, 5) is 14.4. The first-order valence-corrected chi connectivity index (χ1v) is 9.98. The number of phenolic OH excluding ortho intramolecular Hbond substituents is 1. The first kappa shape index (κ1) is 23.3. The van der Waals surface area contributed by atoms with Gasteiger partial charge in [-0.1, -0.05) is 26.0 Å². The monoisotopic (exact) mass is 418 g/mol. The van der Waals surface area contributed by atoms with Crippen molar-refractivity contribution in [1.82, 2.24) is 4.90 Å². The molecule has 0 radical (unpaired) electrons. The SMILES string of the molecule is CCN(CC)CCCOc1ccc(NC(=O)/C=C/c2ccc(C(F)F)cc2O)cc1. The van der Waals surface area contributed by atoms with E-state index in [0.29, 0.717) is 12.3 Å². The Kier molecular flexibility index (Phi) is 9.28. The van der Waals surface area contributed by atoms with Gasteiger partial charge in [0.1, 0.15) is 11.5 Å². The number of aromatic hydroxyl groups is 1. The lowest BCUT2D eigenvalue weighted by Gasteiger charge is -2.17. The summed E-state index contributed by atoms with van der Waals surface area (Å²) >= 11 is 0. The van der Waals surface area contributed by atoms with Crippen LogP contribution in [0.15, 0.2) is 48.5 Å². The number of halogens is 2. The van der Waals surface area contributed by atoms with Gasteiger partial charge in [0.25, 0.3) is 6.43 Å². The molecule has 7 heteroatoms. The summed E-state index contributed by atoms with van der Waals surface area (Å²) < 4.78 is 30.9. The molecule has 0 saturated heterocycles. The van der Waals surface area contributed by atoms with Gasteiger partial charge in [0, 0.05) is 29.4 Å². The second-order valence-electron chi connectivity index (χ2n) is 6.69. The Balaban J connectivity index is 1.82. The van der Waals surface area contributed by atoms with Crippen LogP contribution >= 0.6 is 0 Å². The van der Waals surface area contributed by atoms with Gasteiger partial charge in [0.2, 0.25) is 5.91 Å². The number of benzene rings is 2. The molecule has 5 nitrogen and oxygen atoms in total. The Morgan fingerprint density at radius 3 is 2.47 bits per heavy atom. The summed E-state index contributed by atoms with van der Waals surface area (Å²) in [7, 11) is 0. The van der Waals surface area contributed by atoms with E-state index in [-0.39, 0.29) is 16.9 Å². The normalized spacial score (nSPS) is 11.4. The van der Waals surface area contributed by atoms with Crippen molar-refractivity contribution in [3.8, 4) is 11.5 Å². The first-order chi connectivity index (χ1) is 14.4. The van der Waals surface area contributed by atoms with Crippen LogP contribution < -0.4 is 10.1 Å². The number of carbonyl (C=O) groups is 1. The molecular weight excluding hydrogens is 390 g/mol. The van der Waals surface area contributed by atoms with E-state index in [1.807, 2.05) is 0 Å². The molecule has 0 aliphatic carbocycles. The standard InChI is InChI=1S/C23H28F2N2O3/c1-3-27(4-2)14-5-15-30-20-11-9-19(10-12-20)26-22(29)13-8-17-6-7-18(23(24)25)16-21(17)28/h6-13,16,23,28H,3-5,14-15H2,1-2H3,(H,26,29)/b13-8+. The van der Waals surface area contributed by atoms with Crippen molar-refractivity contribution >= 4 is 17.7 Å². The van der Waals surface area contributed by atoms with E-state index in [9.17, 15) is 18.7 Å². The first-order valence-electron chi connectivity index (χ1n) is 9.98. The Bertz CT molecular complexity index is 835. The summed E-state index contributed by atoms with van der Waals surface area (Å²) in [5.41, 5.74) is 0.602. The molecule has 30 heavy (non-hydrogen) atoms. The number of amides is 1. The van der Waals surface area contributed by atoms with E-state index in [0.717, 1.165) is 37.9 Å². The van der Waals surface area contributed by atoms with E-state index in [4.69, 9.17) is 4.74 Å². The van der Waals surface area contributed by atoms with Crippen LogP contribution in [0.1, 0.15) is 37.8 Å². The lowest BCUT2D eigenvalue weighted by Crippen LogP contribution is -2.25. The number of hydrogen-bond donors (Lipinski definition) is 2. The van der Waals surface area contributed by atoms with Crippen molar-refractivity contribution in [2.75, 3.05) is 31.6 Å². The molecule has 2 rings (SSSR count). The molecule has 0 unspecified atom stereocenters. The van der Waals surface area contributed by atoms with E-state index in [2.05, 4.69) is 24.1 Å². The third kappa shape index (κ3) is 7.48. The van der Waals surface area contributed by atoms with E-state index in [1.54, 1.807) is 24.3 Å². The van der Waals surface area contributed by atoms with Gasteiger partial charge in [-0.15, -0.1) is 0 Å². The maximum atomic E-state index is 12.6. The zero-order valence-corrected chi connectivity index (χ0v) is 17.3. The summed E-state index contributed by atoms with van der Waals surface area (Å²) in [6.45, 7) is 7.95. The quantitative estimate of drug-likeness (QED) is 0.394. The molecule has 0 atom stereocenters. The van der Waals surface area contributed by atoms with Gasteiger partial charge in [-0.2, -0.15) is 0 Å². The van der Waals surface area contributed by atoms with Crippen molar-refractivity contribution in [2.45, 2.75) is 26.7 Å². The zero-order chi connectivity index (χ0) is 21.9. The lowest BCUT2D eigenvalue weighted by molar-refractivity contribution is -0.111. The average Bonchev–Trinajstić information content (AvgIpc) is 2.74. The fourth-order valence-electron chi connectivity index (χ4n) is 2.84. The molecule has 2 aromatic rings. The number of nitrogens with zero attached hydrogens (tertiary/aromatic N) is 1. The number of rotatable bonds is 11. The summed E-state index contributed by atoms with van der Waals surface area (Å²) in [5, 5.41) is 12.5. The second-order valence-corrected chi connectivity index (χ2v) is 6.69. The van der Waals surface area contributed by atoms with Crippen molar-refractivity contribution in [3.05, 3.63) is 59.7 Å². The van der Waals surface area contributed by atoms with Gasteiger partial charge in [-0.25, -0.2) is 8.78 Å². The molecule has 0 aromatic heterocycles. The minimum Gasteiger partial charge on any atom is -0.507 e. The molecular formula is C23H28F2N2O3. The molecule has 2 N–H and O–H groups in total. The minimum absolute atomic E-state index is 0.274. The van der Waals surface area contributed by atoms with Gasteiger partial charge in [0.15, 0.2) is 0 Å². The van der Waals surface area contributed by atoms with Crippen LogP contribution in [-0.4, -0.2) is 42.2 Å². The molecule has 0 spiro atoms. The average molecular weight is 418 g/mol. The molecule has 0 heterocycles. The van der Waals surface area contributed by atoms with Crippen LogP contribution in [0.2, 0.25) is 0 Å². The number of nitrogens with one attached hydrogen (secondary N) is 1. The predicted octanol–water partition coefficient (Wildman–Crippen LogP) is 5.09. The van der Waals surface area contributed by atoms with Crippen LogP contribution in [0.4, 0.5) is 14.5 Å². The number of carbonyl (C=O) groups excluding carboxylic acids is 1. The molecule has 162 valence electrons. The summed E-state index contributed by atoms with van der Waals surface area (Å²) in [5.74, 6) is 0.0201. The number of anilines is 1. The Hall–Kier alpha value is -2.93. The Morgan fingerprint density at radius 2 is 1.87 bits per heavy atom. The van der Waals surface area contributed by atoms with Gasteiger partial charge in [-0.05, 0) is 55.9 Å². The van der Waals surface area contributed by atoms with Crippen molar-refractivity contribution in [3.63, 3.8) is 0 Å². The Morgan fingerprint density at radius 1 is 1.17 bits per heavy atom. The van der Waals surface area contributed by atoms with E-state index < -0.39 is 12.3 Å². The number of ether oxygens (including phenoxy) is 1. The predicted molar refractivity (Wildman–Crippen MR) is 115 cm³/mol. The summed E-state index contributed by atoms with van der Waals surface area (Å²) in [6, 6.07) is 10.6. The van der Waals surface area contributed by atoms with Gasteiger partial charge in [-0.3, -0.25) is 4.79 Å². The van der Waals surface area contributed by atoms with Gasteiger partial charge in [0.05, 0.1) is 6.61 Å². The molecule has 0 aliphatic rings. The summed E-state index contributed by atoms with van der Waals surface area (Å²) in [6.07, 6.45) is 0.879. The van der Waals surface area contributed by atoms with Crippen LogP contribution in [0.3, 0.4) is 0 Å². The fourth-order valence-corrected chi connectivity index (χ4v) is 2.84. The second kappa shape index (κ2) is 11.9. The lowest BCUT2D eigenvalue weighted by atomic mass is 10.1. The molecule has 2 aromatic carbocycles. The maximum absolute atomic E-state index is 12.6.